The number of aromatic nitrogens is 1. The van der Waals surface area contributed by atoms with E-state index in [2.05, 4.69) is 44.1 Å². The number of allylic oxidation sites excluding steroid dienone is 2. The van der Waals surface area contributed by atoms with Gasteiger partial charge >= 0.3 is 0 Å². The Balaban J connectivity index is 1.92. The van der Waals surface area contributed by atoms with Gasteiger partial charge in [0.15, 0.2) is 0 Å². The quantitative estimate of drug-likeness (QED) is 0.848. The fourth-order valence-electron chi connectivity index (χ4n) is 2.78. The molecule has 0 unspecified atom stereocenters. The third-order valence-electron chi connectivity index (χ3n) is 4.18. The summed E-state index contributed by atoms with van der Waals surface area (Å²) in [6.07, 6.45) is 3.93. The normalized spacial score (nSPS) is 22.3. The number of nitrogens with one attached hydrogen (secondary N) is 1. The van der Waals surface area contributed by atoms with Crippen LogP contribution in [0.2, 0.25) is 0 Å². The Morgan fingerprint density at radius 1 is 1.43 bits per heavy atom. The summed E-state index contributed by atoms with van der Waals surface area (Å²) in [6, 6.07) is 3.71. The lowest BCUT2D eigenvalue weighted by atomic mass is 10.1. The van der Waals surface area contributed by atoms with Crippen LogP contribution >= 0.6 is 0 Å². The largest absolute Gasteiger partial charge is 0.481 e. The van der Waals surface area contributed by atoms with Crippen LogP contribution in [0.25, 0.3) is 0 Å². The maximum atomic E-state index is 12.3. The molecule has 0 saturated heterocycles. The van der Waals surface area contributed by atoms with Crippen molar-refractivity contribution >= 4 is 5.91 Å². The zero-order valence-electron chi connectivity index (χ0n) is 13.4. The maximum absolute atomic E-state index is 12.3. The zero-order valence-corrected chi connectivity index (χ0v) is 13.4. The number of amides is 1. The van der Waals surface area contributed by atoms with Crippen molar-refractivity contribution in [3.8, 4) is 5.88 Å². The molecule has 2 rings (SSSR count). The lowest BCUT2D eigenvalue weighted by Gasteiger charge is -2.06. The van der Waals surface area contributed by atoms with E-state index in [1.54, 1.807) is 19.4 Å². The molecule has 1 amide bonds. The molecule has 1 N–H and O–H groups in total. The molecular formula is C17H24N2O2. The Labute approximate surface area is 126 Å². The standard InChI is InChI=1S/C17H24N2O2/c1-11(2)8-13-15(17(13,3)4)16(20)19-10-12-6-7-14(21-5)18-9-12/h6-9,13,15H,10H2,1-5H3,(H,19,20)/t13-,15-/m0/s1. The van der Waals surface area contributed by atoms with Crippen LogP contribution in [0.3, 0.4) is 0 Å². The Bertz CT molecular complexity index is 542. The third kappa shape index (κ3) is 3.43. The lowest BCUT2D eigenvalue weighted by molar-refractivity contribution is -0.123. The monoisotopic (exact) mass is 288 g/mol. The minimum absolute atomic E-state index is 0.0551. The second kappa shape index (κ2) is 5.88. The van der Waals surface area contributed by atoms with E-state index in [1.165, 1.54) is 5.57 Å². The van der Waals surface area contributed by atoms with Gasteiger partial charge in [0.05, 0.1) is 13.0 Å². The highest BCUT2D eigenvalue weighted by atomic mass is 16.5. The fraction of sp³-hybridized carbons (Fsp3) is 0.529. The van der Waals surface area contributed by atoms with Gasteiger partial charge in [0.2, 0.25) is 11.8 Å². The van der Waals surface area contributed by atoms with E-state index in [1.807, 2.05) is 6.07 Å². The number of methoxy groups -OCH3 is 1. The maximum Gasteiger partial charge on any atom is 0.224 e. The minimum atomic E-state index is 0.0551. The highest BCUT2D eigenvalue weighted by Crippen LogP contribution is 2.59. The van der Waals surface area contributed by atoms with Crippen molar-refractivity contribution < 1.29 is 9.53 Å². The number of hydrogen-bond donors (Lipinski definition) is 1. The summed E-state index contributed by atoms with van der Waals surface area (Å²) in [4.78, 5) is 16.5. The van der Waals surface area contributed by atoms with E-state index in [9.17, 15) is 4.79 Å². The molecule has 1 fully saturated rings. The predicted octanol–water partition coefficient (Wildman–Crippen LogP) is 2.94. The zero-order chi connectivity index (χ0) is 15.6. The number of pyridine rings is 1. The van der Waals surface area contributed by atoms with Crippen LogP contribution < -0.4 is 10.1 Å². The average Bonchev–Trinajstić information content (AvgIpc) is 2.97. The smallest absolute Gasteiger partial charge is 0.224 e. The first-order chi connectivity index (χ1) is 9.86. The van der Waals surface area contributed by atoms with Crippen molar-refractivity contribution in [2.24, 2.45) is 17.3 Å². The summed E-state index contributed by atoms with van der Waals surface area (Å²) in [5.41, 5.74) is 2.29. The van der Waals surface area contributed by atoms with Gasteiger partial charge in [-0.1, -0.05) is 31.6 Å². The number of hydrogen-bond acceptors (Lipinski definition) is 3. The van der Waals surface area contributed by atoms with Crippen molar-refractivity contribution in [2.45, 2.75) is 34.2 Å². The summed E-state index contributed by atoms with van der Waals surface area (Å²) in [5.74, 6) is 1.12. The van der Waals surface area contributed by atoms with Crippen molar-refractivity contribution in [3.63, 3.8) is 0 Å². The molecule has 114 valence electrons. The number of nitrogens with zero attached hydrogens (tertiary/aromatic N) is 1. The third-order valence-corrected chi connectivity index (χ3v) is 4.18. The summed E-state index contributed by atoms with van der Waals surface area (Å²) in [6.45, 7) is 8.95. The molecule has 21 heavy (non-hydrogen) atoms. The van der Waals surface area contributed by atoms with Crippen LogP contribution in [-0.2, 0) is 11.3 Å². The van der Waals surface area contributed by atoms with E-state index in [4.69, 9.17) is 4.74 Å². The summed E-state index contributed by atoms with van der Waals surface area (Å²) in [7, 11) is 1.59. The van der Waals surface area contributed by atoms with Crippen LogP contribution in [0.1, 0.15) is 33.3 Å². The number of carbonyl (C=O) groups excluding carboxylic acids is 1. The Morgan fingerprint density at radius 2 is 2.14 bits per heavy atom. The summed E-state index contributed by atoms with van der Waals surface area (Å²) in [5, 5.41) is 3.01. The van der Waals surface area contributed by atoms with Crippen LogP contribution in [0.5, 0.6) is 5.88 Å². The molecule has 1 aromatic heterocycles. The van der Waals surface area contributed by atoms with Crippen LogP contribution in [0.15, 0.2) is 30.0 Å². The first-order valence-electron chi connectivity index (χ1n) is 7.28. The van der Waals surface area contributed by atoms with Gasteiger partial charge in [-0.05, 0) is 30.7 Å². The molecule has 2 atom stereocenters. The second-order valence-corrected chi connectivity index (χ2v) is 6.50. The molecule has 0 aliphatic heterocycles. The van der Waals surface area contributed by atoms with Gasteiger partial charge in [-0.2, -0.15) is 0 Å². The highest BCUT2D eigenvalue weighted by Gasteiger charge is 2.60. The molecule has 4 heteroatoms. The first kappa shape index (κ1) is 15.5. The molecule has 1 aromatic rings. The van der Waals surface area contributed by atoms with Gasteiger partial charge in [-0.15, -0.1) is 0 Å². The molecule has 0 bridgehead atoms. The number of rotatable bonds is 5. The Hall–Kier alpha value is -1.84. The van der Waals surface area contributed by atoms with Gasteiger partial charge in [-0.3, -0.25) is 4.79 Å². The molecule has 1 aliphatic carbocycles. The lowest BCUT2D eigenvalue weighted by Crippen LogP contribution is -2.26. The summed E-state index contributed by atoms with van der Waals surface area (Å²) >= 11 is 0. The molecule has 1 aliphatic rings. The molecule has 0 spiro atoms. The van der Waals surface area contributed by atoms with Crippen LogP contribution in [-0.4, -0.2) is 18.0 Å². The van der Waals surface area contributed by atoms with E-state index in [0.717, 1.165) is 5.56 Å². The fourth-order valence-corrected chi connectivity index (χ4v) is 2.78. The van der Waals surface area contributed by atoms with E-state index in [0.29, 0.717) is 18.3 Å². The average molecular weight is 288 g/mol. The summed E-state index contributed by atoms with van der Waals surface area (Å²) < 4.78 is 5.02. The van der Waals surface area contributed by atoms with Crippen LogP contribution in [0, 0.1) is 17.3 Å². The van der Waals surface area contributed by atoms with Crippen LogP contribution in [0.4, 0.5) is 0 Å². The Morgan fingerprint density at radius 3 is 2.67 bits per heavy atom. The molecule has 0 radical (unpaired) electrons. The second-order valence-electron chi connectivity index (χ2n) is 6.50. The van der Waals surface area contributed by atoms with Crippen molar-refractivity contribution in [1.82, 2.24) is 10.3 Å². The van der Waals surface area contributed by atoms with Crippen molar-refractivity contribution in [1.29, 1.82) is 0 Å². The Kier molecular flexibility index (Phi) is 4.35. The van der Waals surface area contributed by atoms with E-state index in [-0.39, 0.29) is 17.2 Å². The first-order valence-corrected chi connectivity index (χ1v) is 7.28. The minimum Gasteiger partial charge on any atom is -0.481 e. The molecule has 1 heterocycles. The number of carbonyl (C=O) groups is 1. The van der Waals surface area contributed by atoms with E-state index < -0.39 is 0 Å². The van der Waals surface area contributed by atoms with Crippen molar-refractivity contribution in [2.75, 3.05) is 7.11 Å². The topological polar surface area (TPSA) is 51.2 Å². The van der Waals surface area contributed by atoms with Gasteiger partial charge in [0.1, 0.15) is 0 Å². The SMILES string of the molecule is COc1ccc(CNC(=O)[C@@H]2[C@H](C=C(C)C)C2(C)C)cn1. The van der Waals surface area contributed by atoms with Crippen molar-refractivity contribution in [3.05, 3.63) is 35.5 Å². The van der Waals surface area contributed by atoms with Gasteiger partial charge in [0, 0.05) is 18.8 Å². The number of ether oxygens (including phenoxy) is 1. The molecule has 4 nitrogen and oxygen atoms in total. The predicted molar refractivity (Wildman–Crippen MR) is 82.8 cm³/mol. The molecule has 0 aromatic carbocycles. The van der Waals surface area contributed by atoms with Gasteiger partial charge in [-0.25, -0.2) is 4.98 Å². The molecule has 1 saturated carbocycles. The van der Waals surface area contributed by atoms with Gasteiger partial charge < -0.3 is 10.1 Å². The molecular weight excluding hydrogens is 264 g/mol. The van der Waals surface area contributed by atoms with Gasteiger partial charge in [0.25, 0.3) is 0 Å². The van der Waals surface area contributed by atoms with E-state index >= 15 is 0 Å². The highest BCUT2D eigenvalue weighted by molar-refractivity contribution is 5.83.